The lowest BCUT2D eigenvalue weighted by atomic mass is 9.96. The van der Waals surface area contributed by atoms with Gasteiger partial charge in [-0.2, -0.15) is 0 Å². The van der Waals surface area contributed by atoms with Crippen LogP contribution in [0.3, 0.4) is 0 Å². The number of aryl methyl sites for hydroxylation is 2. The molecule has 1 aliphatic heterocycles. The predicted octanol–water partition coefficient (Wildman–Crippen LogP) is 3.40. The minimum Gasteiger partial charge on any atom is -0.493 e. The molecule has 0 saturated heterocycles. The number of ether oxygens (including phenoxy) is 1. The number of amides is 1. The molecule has 0 radical (unpaired) electrons. The molecular formula is C23H28F2N2O3. The molecule has 2 aromatic rings. The van der Waals surface area contributed by atoms with Crippen molar-refractivity contribution < 1.29 is 23.4 Å². The molecule has 0 bridgehead atoms. The summed E-state index contributed by atoms with van der Waals surface area (Å²) in [5.41, 5.74) is 2.63. The third kappa shape index (κ3) is 5.77. The Labute approximate surface area is 175 Å². The van der Waals surface area contributed by atoms with Crippen molar-refractivity contribution in [3.63, 3.8) is 0 Å². The molecule has 1 heterocycles. The van der Waals surface area contributed by atoms with E-state index in [9.17, 15) is 18.7 Å². The molecule has 0 spiro atoms. The van der Waals surface area contributed by atoms with E-state index in [0.717, 1.165) is 23.8 Å². The van der Waals surface area contributed by atoms with E-state index in [1.54, 1.807) is 0 Å². The van der Waals surface area contributed by atoms with Gasteiger partial charge in [0.15, 0.2) is 0 Å². The maximum atomic E-state index is 13.4. The summed E-state index contributed by atoms with van der Waals surface area (Å²) in [6.07, 6.45) is 0.437. The lowest BCUT2D eigenvalue weighted by molar-refractivity contribution is -0.121. The second kappa shape index (κ2) is 10.00. The number of nitrogens with one attached hydrogen (secondary N) is 2. The molecule has 1 unspecified atom stereocenters. The summed E-state index contributed by atoms with van der Waals surface area (Å²) in [5, 5.41) is 16.8. The number of halogens is 2. The number of hydrogen-bond acceptors (Lipinski definition) is 4. The first-order valence-corrected chi connectivity index (χ1v) is 10.3. The summed E-state index contributed by atoms with van der Waals surface area (Å²) < 4.78 is 32.6. The first-order chi connectivity index (χ1) is 14.4. The highest BCUT2D eigenvalue weighted by Crippen LogP contribution is 2.33. The molecule has 3 atom stereocenters. The summed E-state index contributed by atoms with van der Waals surface area (Å²) in [4.78, 5) is 11.7. The number of rotatable bonds is 8. The molecule has 162 valence electrons. The van der Waals surface area contributed by atoms with Gasteiger partial charge in [-0.1, -0.05) is 19.1 Å². The van der Waals surface area contributed by atoms with Crippen molar-refractivity contribution in [3.8, 4) is 5.75 Å². The Morgan fingerprint density at radius 2 is 1.93 bits per heavy atom. The molecule has 3 rings (SSSR count). The van der Waals surface area contributed by atoms with Crippen molar-refractivity contribution in [2.75, 3.05) is 6.61 Å². The van der Waals surface area contributed by atoms with Crippen LogP contribution in [0, 0.1) is 11.6 Å². The number of aliphatic hydroxyl groups is 1. The number of carbonyl (C=O) groups excluding carboxylic acids is 1. The first kappa shape index (κ1) is 22.2. The Kier molecular flexibility index (Phi) is 7.39. The molecule has 5 nitrogen and oxygen atoms in total. The molecule has 1 aliphatic rings. The van der Waals surface area contributed by atoms with E-state index in [0.29, 0.717) is 18.6 Å². The normalized spacial score (nSPS) is 17.6. The fourth-order valence-corrected chi connectivity index (χ4v) is 3.76. The van der Waals surface area contributed by atoms with Crippen molar-refractivity contribution >= 4 is 5.91 Å². The average Bonchev–Trinajstić information content (AvgIpc) is 2.70. The van der Waals surface area contributed by atoms with Gasteiger partial charge in [0.05, 0.1) is 12.7 Å². The van der Waals surface area contributed by atoms with Crippen molar-refractivity contribution in [3.05, 3.63) is 64.7 Å². The SMILES string of the molecule is CCc1ccc2c(c1)[C@@H](NC(NC(C)=O)[C@H](O)CCc1cc(F)cc(F)c1)CCO2. The van der Waals surface area contributed by atoms with Crippen molar-refractivity contribution in [1.82, 2.24) is 10.6 Å². The van der Waals surface area contributed by atoms with Crippen LogP contribution in [0.4, 0.5) is 8.78 Å². The van der Waals surface area contributed by atoms with E-state index in [1.165, 1.54) is 24.6 Å². The second-order valence-corrected chi connectivity index (χ2v) is 7.64. The van der Waals surface area contributed by atoms with Gasteiger partial charge >= 0.3 is 0 Å². The molecule has 2 aromatic carbocycles. The Hall–Kier alpha value is -2.51. The van der Waals surface area contributed by atoms with Crippen molar-refractivity contribution in [2.45, 2.75) is 57.8 Å². The number of hydrogen-bond donors (Lipinski definition) is 3. The van der Waals surface area contributed by atoms with E-state index >= 15 is 0 Å². The van der Waals surface area contributed by atoms with Crippen LogP contribution in [0.25, 0.3) is 0 Å². The fourth-order valence-electron chi connectivity index (χ4n) is 3.76. The summed E-state index contributed by atoms with van der Waals surface area (Å²) >= 11 is 0. The molecule has 0 saturated carbocycles. The van der Waals surface area contributed by atoms with Crippen LogP contribution < -0.4 is 15.4 Å². The highest BCUT2D eigenvalue weighted by atomic mass is 19.1. The van der Waals surface area contributed by atoms with Crippen LogP contribution in [0.2, 0.25) is 0 Å². The molecular weight excluding hydrogens is 390 g/mol. The van der Waals surface area contributed by atoms with Gasteiger partial charge in [0.2, 0.25) is 5.91 Å². The third-order valence-corrected chi connectivity index (χ3v) is 5.30. The first-order valence-electron chi connectivity index (χ1n) is 10.3. The maximum absolute atomic E-state index is 13.4. The van der Waals surface area contributed by atoms with Crippen LogP contribution in [0.1, 0.15) is 49.4 Å². The standard InChI is InChI=1S/C23H28F2N2O3/c1-3-15-5-7-22-19(12-15)20(8-9-30-22)27-23(26-14(2)28)21(29)6-4-16-10-17(24)13-18(25)11-16/h5,7,10-13,20-21,23,27,29H,3-4,6,8-9H2,1-2H3,(H,26,28)/t20-,21+,23?/m0/s1. The second-order valence-electron chi connectivity index (χ2n) is 7.64. The zero-order valence-corrected chi connectivity index (χ0v) is 17.3. The topological polar surface area (TPSA) is 70.6 Å². The van der Waals surface area contributed by atoms with Gasteiger partial charge < -0.3 is 15.2 Å². The van der Waals surface area contributed by atoms with E-state index in [-0.39, 0.29) is 24.8 Å². The van der Waals surface area contributed by atoms with Gasteiger partial charge in [-0.3, -0.25) is 10.1 Å². The smallest absolute Gasteiger partial charge is 0.218 e. The summed E-state index contributed by atoms with van der Waals surface area (Å²) in [6.45, 7) is 3.99. The minimum absolute atomic E-state index is 0.0987. The lowest BCUT2D eigenvalue weighted by Gasteiger charge is -2.33. The number of carbonyl (C=O) groups is 1. The molecule has 7 heteroatoms. The number of aliphatic hydroxyl groups excluding tert-OH is 1. The van der Waals surface area contributed by atoms with E-state index in [4.69, 9.17) is 4.74 Å². The Balaban J connectivity index is 1.72. The van der Waals surface area contributed by atoms with Crippen molar-refractivity contribution in [2.24, 2.45) is 0 Å². The number of benzene rings is 2. The van der Waals surface area contributed by atoms with Crippen LogP contribution in [0.5, 0.6) is 5.75 Å². The Morgan fingerprint density at radius 1 is 1.20 bits per heavy atom. The van der Waals surface area contributed by atoms with Gasteiger partial charge in [-0.05, 0) is 48.6 Å². The largest absolute Gasteiger partial charge is 0.493 e. The predicted molar refractivity (Wildman–Crippen MR) is 110 cm³/mol. The monoisotopic (exact) mass is 418 g/mol. The maximum Gasteiger partial charge on any atom is 0.218 e. The molecule has 0 fully saturated rings. The molecule has 30 heavy (non-hydrogen) atoms. The highest BCUT2D eigenvalue weighted by Gasteiger charge is 2.28. The molecule has 3 N–H and O–H groups in total. The average molecular weight is 418 g/mol. The van der Waals surface area contributed by atoms with Gasteiger partial charge in [-0.15, -0.1) is 0 Å². The van der Waals surface area contributed by atoms with Crippen LogP contribution in [-0.4, -0.2) is 29.9 Å². The quantitative estimate of drug-likeness (QED) is 0.575. The zero-order valence-electron chi connectivity index (χ0n) is 17.3. The van der Waals surface area contributed by atoms with Crippen LogP contribution >= 0.6 is 0 Å². The lowest BCUT2D eigenvalue weighted by Crippen LogP contribution is -2.54. The van der Waals surface area contributed by atoms with Gasteiger partial charge in [-0.25, -0.2) is 8.78 Å². The molecule has 0 aromatic heterocycles. The third-order valence-electron chi connectivity index (χ3n) is 5.30. The van der Waals surface area contributed by atoms with E-state index < -0.39 is 23.9 Å². The molecule has 1 amide bonds. The summed E-state index contributed by atoms with van der Waals surface area (Å²) in [7, 11) is 0. The van der Waals surface area contributed by atoms with Gasteiger partial charge in [0, 0.05) is 31.0 Å². The Morgan fingerprint density at radius 3 is 2.60 bits per heavy atom. The zero-order chi connectivity index (χ0) is 21.7. The van der Waals surface area contributed by atoms with Gasteiger partial charge in [0.1, 0.15) is 23.5 Å². The van der Waals surface area contributed by atoms with Crippen molar-refractivity contribution in [1.29, 1.82) is 0 Å². The van der Waals surface area contributed by atoms with Crippen LogP contribution in [0.15, 0.2) is 36.4 Å². The summed E-state index contributed by atoms with van der Waals surface area (Å²) in [5.74, 6) is -0.789. The fraction of sp³-hybridized carbons (Fsp3) is 0.435. The highest BCUT2D eigenvalue weighted by molar-refractivity contribution is 5.73. The van der Waals surface area contributed by atoms with E-state index in [1.807, 2.05) is 12.1 Å². The minimum atomic E-state index is -0.944. The Bertz CT molecular complexity index is 870. The molecule has 0 aliphatic carbocycles. The van der Waals surface area contributed by atoms with Gasteiger partial charge in [0.25, 0.3) is 0 Å². The number of fused-ring (bicyclic) bond motifs is 1. The summed E-state index contributed by atoms with van der Waals surface area (Å²) in [6, 6.07) is 9.27. The van der Waals surface area contributed by atoms with E-state index in [2.05, 4.69) is 23.6 Å². The van der Waals surface area contributed by atoms with Crippen LogP contribution in [-0.2, 0) is 17.6 Å².